The number of aliphatic hydroxyl groups excluding tert-OH is 1. The van der Waals surface area contributed by atoms with Gasteiger partial charge < -0.3 is 21.3 Å². The molecular formula is C25H28ClN7O3. The molecule has 1 amide bonds. The molecule has 10 nitrogen and oxygen atoms in total. The van der Waals surface area contributed by atoms with Gasteiger partial charge in [-0.3, -0.25) is 4.79 Å². The summed E-state index contributed by atoms with van der Waals surface area (Å²) in [5, 5.41) is 15.2. The number of fused-ring (bicyclic) bond motifs is 1. The van der Waals surface area contributed by atoms with E-state index in [0.29, 0.717) is 63.0 Å². The Morgan fingerprint density at radius 1 is 1.25 bits per heavy atom. The highest BCUT2D eigenvalue weighted by Crippen LogP contribution is 2.43. The molecule has 3 heterocycles. The van der Waals surface area contributed by atoms with Crippen molar-refractivity contribution in [1.82, 2.24) is 24.7 Å². The first-order valence-electron chi connectivity index (χ1n) is 11.4. The van der Waals surface area contributed by atoms with Gasteiger partial charge in [0.25, 0.3) is 5.91 Å². The first kappa shape index (κ1) is 25.3. The van der Waals surface area contributed by atoms with E-state index in [4.69, 9.17) is 27.8 Å². The smallest absolute Gasteiger partial charge is 0.267 e. The number of amides is 1. The van der Waals surface area contributed by atoms with Crippen molar-refractivity contribution in [2.24, 2.45) is 5.73 Å². The van der Waals surface area contributed by atoms with E-state index in [0.717, 1.165) is 11.1 Å². The molecule has 1 aromatic carbocycles. The number of nitrogens with zero attached hydrogens (tertiary/aromatic N) is 5. The molecular weight excluding hydrogens is 482 g/mol. The molecule has 0 aliphatic carbocycles. The van der Waals surface area contributed by atoms with Crippen molar-refractivity contribution in [3.8, 4) is 16.9 Å². The number of carbonyl (C=O) groups excluding carboxylic acids is 1. The van der Waals surface area contributed by atoms with Gasteiger partial charge in [-0.2, -0.15) is 5.10 Å². The zero-order valence-electron chi connectivity index (χ0n) is 20.5. The Hall–Kier alpha value is -3.76. The summed E-state index contributed by atoms with van der Waals surface area (Å²) in [5.41, 5.74) is 16.7. The van der Waals surface area contributed by atoms with Gasteiger partial charge in [0.05, 0.1) is 24.2 Å². The lowest BCUT2D eigenvalue weighted by Crippen LogP contribution is -2.15. The largest absolute Gasteiger partial charge is 0.496 e. The Bertz CT molecular complexity index is 1470. The number of aliphatic hydroxyl groups is 1. The molecule has 0 aliphatic rings. The number of ether oxygens (including phenoxy) is 1. The van der Waals surface area contributed by atoms with E-state index in [2.05, 4.69) is 20.1 Å². The number of hydrogen-bond acceptors (Lipinski definition) is 8. The van der Waals surface area contributed by atoms with Crippen molar-refractivity contribution < 1.29 is 14.6 Å². The second-order valence-electron chi connectivity index (χ2n) is 8.57. The molecule has 4 aromatic rings. The molecule has 1 atom stereocenters. The summed E-state index contributed by atoms with van der Waals surface area (Å²) in [6.07, 6.45) is 2.39. The van der Waals surface area contributed by atoms with E-state index in [9.17, 15) is 9.90 Å². The zero-order valence-corrected chi connectivity index (χ0v) is 21.3. The number of pyridine rings is 1. The van der Waals surface area contributed by atoms with Gasteiger partial charge in [-0.25, -0.2) is 19.6 Å². The van der Waals surface area contributed by atoms with Crippen molar-refractivity contribution >= 4 is 34.4 Å². The highest BCUT2D eigenvalue weighted by molar-refractivity contribution is 6.32. The molecule has 1 unspecified atom stereocenters. The molecule has 0 saturated heterocycles. The van der Waals surface area contributed by atoms with Gasteiger partial charge in [0.2, 0.25) is 0 Å². The zero-order chi connectivity index (χ0) is 26.1. The third kappa shape index (κ3) is 4.45. The number of nitrogens with two attached hydrogens (primary N) is 2. The van der Waals surface area contributed by atoms with Crippen LogP contribution in [0.1, 0.15) is 52.4 Å². The minimum atomic E-state index is -0.648. The lowest BCUT2D eigenvalue weighted by atomic mass is 9.93. The van der Waals surface area contributed by atoms with Gasteiger partial charge in [-0.15, -0.1) is 0 Å². The fraction of sp³-hybridized carbons (Fsp3) is 0.320. The maximum atomic E-state index is 12.1. The molecule has 4 rings (SSSR count). The number of hydrogen-bond donors (Lipinski definition) is 3. The maximum absolute atomic E-state index is 12.1. The van der Waals surface area contributed by atoms with E-state index >= 15 is 0 Å². The number of benzene rings is 1. The standard InChI is InChI=1S/C25H28ClN7O3/c1-12-18(26)10-17(14(3)33-25-21(13(2)32-33)23(27)29-11-30-25)22(36-4)20(12)15-8-16(6-5-7-34)31-19(9-15)24(28)35/h8-11,14,34H,5-7H2,1-4H3,(H2,28,35)(H2,27,29,30). The fourth-order valence-corrected chi connectivity index (χ4v) is 4.65. The molecule has 0 aliphatic heterocycles. The number of primary amides is 1. The van der Waals surface area contributed by atoms with Crippen LogP contribution in [0.5, 0.6) is 5.75 Å². The predicted molar refractivity (Wildman–Crippen MR) is 138 cm³/mol. The highest BCUT2D eigenvalue weighted by Gasteiger charge is 2.25. The monoisotopic (exact) mass is 509 g/mol. The third-order valence-electron chi connectivity index (χ3n) is 6.23. The average Bonchev–Trinajstić information content (AvgIpc) is 3.20. The van der Waals surface area contributed by atoms with Crippen LogP contribution in [0.25, 0.3) is 22.2 Å². The maximum Gasteiger partial charge on any atom is 0.267 e. The van der Waals surface area contributed by atoms with Crippen LogP contribution in [-0.4, -0.2) is 49.5 Å². The lowest BCUT2D eigenvalue weighted by molar-refractivity contribution is 0.0995. The number of halogens is 1. The summed E-state index contributed by atoms with van der Waals surface area (Å²) >= 11 is 6.73. The molecule has 0 saturated carbocycles. The van der Waals surface area contributed by atoms with Crippen LogP contribution >= 0.6 is 11.6 Å². The number of methoxy groups -OCH3 is 1. The third-order valence-corrected chi connectivity index (χ3v) is 6.62. The summed E-state index contributed by atoms with van der Waals surface area (Å²) in [4.78, 5) is 24.9. The number of nitrogen functional groups attached to an aromatic ring is 1. The second-order valence-corrected chi connectivity index (χ2v) is 8.98. The minimum Gasteiger partial charge on any atom is -0.496 e. The minimum absolute atomic E-state index is 0.00427. The summed E-state index contributed by atoms with van der Waals surface area (Å²) in [6, 6.07) is 5.00. The number of rotatable bonds is 8. The van der Waals surface area contributed by atoms with Crippen LogP contribution in [0.2, 0.25) is 5.02 Å². The van der Waals surface area contributed by atoms with Crippen LogP contribution in [0.4, 0.5) is 5.82 Å². The Labute approximate surface area is 213 Å². The van der Waals surface area contributed by atoms with E-state index in [-0.39, 0.29) is 18.3 Å². The van der Waals surface area contributed by atoms with E-state index < -0.39 is 5.91 Å². The van der Waals surface area contributed by atoms with Gasteiger partial charge in [-0.05, 0) is 62.9 Å². The molecule has 0 bridgehead atoms. The molecule has 0 radical (unpaired) electrons. The second kappa shape index (κ2) is 10.1. The van der Waals surface area contributed by atoms with Gasteiger partial charge in [0, 0.05) is 28.5 Å². The van der Waals surface area contributed by atoms with Crippen molar-refractivity contribution in [2.75, 3.05) is 19.5 Å². The summed E-state index contributed by atoms with van der Waals surface area (Å²) in [7, 11) is 1.58. The van der Waals surface area contributed by atoms with Crippen LogP contribution in [0, 0.1) is 13.8 Å². The molecule has 36 heavy (non-hydrogen) atoms. The first-order valence-corrected chi connectivity index (χ1v) is 11.8. The van der Waals surface area contributed by atoms with E-state index in [1.807, 2.05) is 32.9 Å². The Kier molecular flexibility index (Phi) is 7.09. The van der Waals surface area contributed by atoms with Crippen LogP contribution in [-0.2, 0) is 6.42 Å². The molecule has 0 fully saturated rings. The average molecular weight is 510 g/mol. The summed E-state index contributed by atoms with van der Waals surface area (Å²) < 4.78 is 7.71. The number of aryl methyl sites for hydroxylation is 2. The summed E-state index contributed by atoms with van der Waals surface area (Å²) in [6.45, 7) is 5.70. The van der Waals surface area contributed by atoms with Crippen molar-refractivity contribution in [1.29, 1.82) is 0 Å². The number of anilines is 1. The number of carbonyl (C=O) groups is 1. The van der Waals surface area contributed by atoms with Gasteiger partial charge in [0.15, 0.2) is 5.65 Å². The SMILES string of the molecule is COc1c(C(C)n2nc(C)c3c(N)ncnc32)cc(Cl)c(C)c1-c1cc(CCCO)nc(C(N)=O)c1. The van der Waals surface area contributed by atoms with E-state index in [1.54, 1.807) is 17.9 Å². The molecule has 0 spiro atoms. The molecule has 3 aromatic heterocycles. The fourth-order valence-electron chi connectivity index (χ4n) is 4.44. The van der Waals surface area contributed by atoms with Gasteiger partial charge >= 0.3 is 0 Å². The molecule has 11 heteroatoms. The van der Waals surface area contributed by atoms with Crippen LogP contribution < -0.4 is 16.2 Å². The first-order chi connectivity index (χ1) is 17.2. The number of aromatic nitrogens is 5. The van der Waals surface area contributed by atoms with Crippen molar-refractivity contribution in [3.05, 3.63) is 57.8 Å². The topological polar surface area (TPSA) is 155 Å². The summed E-state index contributed by atoms with van der Waals surface area (Å²) in [5.74, 6) is 0.282. The quantitative estimate of drug-likeness (QED) is 0.326. The van der Waals surface area contributed by atoms with Crippen LogP contribution in [0.15, 0.2) is 24.5 Å². The van der Waals surface area contributed by atoms with Gasteiger partial charge in [-0.1, -0.05) is 11.6 Å². The Balaban J connectivity index is 1.95. The predicted octanol–water partition coefficient (Wildman–Crippen LogP) is 3.38. The van der Waals surface area contributed by atoms with Crippen molar-refractivity contribution in [2.45, 2.75) is 39.7 Å². The Morgan fingerprint density at radius 3 is 2.67 bits per heavy atom. The highest BCUT2D eigenvalue weighted by atomic mass is 35.5. The lowest BCUT2D eigenvalue weighted by Gasteiger charge is -2.22. The van der Waals surface area contributed by atoms with E-state index in [1.165, 1.54) is 6.33 Å². The van der Waals surface area contributed by atoms with Crippen LogP contribution in [0.3, 0.4) is 0 Å². The molecule has 188 valence electrons. The Morgan fingerprint density at radius 2 is 2.00 bits per heavy atom. The normalized spacial score (nSPS) is 12.2. The van der Waals surface area contributed by atoms with Gasteiger partial charge in [0.1, 0.15) is 23.6 Å². The van der Waals surface area contributed by atoms with Crippen molar-refractivity contribution in [3.63, 3.8) is 0 Å². The molecule has 5 N–H and O–H groups in total.